The van der Waals surface area contributed by atoms with E-state index >= 15 is 0 Å². The molecule has 3 heteroatoms. The Morgan fingerprint density at radius 2 is 1.18 bits per heavy atom. The Morgan fingerprint density at radius 3 is 1.68 bits per heavy atom. The molecule has 110 valence electrons. The van der Waals surface area contributed by atoms with Crippen LogP contribution in [0.25, 0.3) is 5.57 Å². The van der Waals surface area contributed by atoms with Gasteiger partial charge in [-0.3, -0.25) is 4.79 Å². The molecule has 1 aliphatic rings. The van der Waals surface area contributed by atoms with Crippen molar-refractivity contribution in [1.82, 2.24) is 0 Å². The summed E-state index contributed by atoms with van der Waals surface area (Å²) in [5.41, 5.74) is 2.52. The Hall–Kier alpha value is -1.71. The molecule has 0 radical (unpaired) electrons. The minimum atomic E-state index is 0.0873. The number of thioether (sulfide) groups is 2. The number of carbonyl (C=O) groups is 1. The summed E-state index contributed by atoms with van der Waals surface area (Å²) in [6.45, 7) is 4.21. The normalized spacial score (nSPS) is 14.4. The predicted octanol–water partition coefficient (Wildman–Crippen LogP) is 5.97. The van der Waals surface area contributed by atoms with Gasteiger partial charge in [0.2, 0.25) is 0 Å². The van der Waals surface area contributed by atoms with E-state index in [9.17, 15) is 4.79 Å². The number of Topliss-reactive ketones (excluding diaryl/α,β-unsaturated/α-hetero) is 1. The van der Waals surface area contributed by atoms with E-state index in [1.165, 1.54) is 9.81 Å². The zero-order valence-electron chi connectivity index (χ0n) is 12.5. The topological polar surface area (TPSA) is 17.1 Å². The highest BCUT2D eigenvalue weighted by Gasteiger charge is 2.24. The second-order valence-corrected chi connectivity index (χ2v) is 7.75. The lowest BCUT2D eigenvalue weighted by atomic mass is 9.98. The summed E-state index contributed by atoms with van der Waals surface area (Å²) < 4.78 is 1.08. The molecule has 3 rings (SSSR count). The van der Waals surface area contributed by atoms with Crippen molar-refractivity contribution in [2.45, 2.75) is 13.8 Å². The highest BCUT2D eigenvalue weighted by molar-refractivity contribution is 8.28. The summed E-state index contributed by atoms with van der Waals surface area (Å²) in [4.78, 5) is 15.6. The van der Waals surface area contributed by atoms with Crippen molar-refractivity contribution in [2.75, 3.05) is 0 Å². The number of hydrogen-bond acceptors (Lipinski definition) is 3. The van der Waals surface area contributed by atoms with Crippen molar-refractivity contribution in [3.05, 3.63) is 85.8 Å². The molecule has 0 spiro atoms. The fourth-order valence-corrected chi connectivity index (χ4v) is 4.86. The van der Waals surface area contributed by atoms with E-state index in [-0.39, 0.29) is 5.78 Å². The monoisotopic (exact) mass is 324 g/mol. The van der Waals surface area contributed by atoms with Crippen LogP contribution in [0.15, 0.2) is 74.7 Å². The van der Waals surface area contributed by atoms with Crippen molar-refractivity contribution in [2.24, 2.45) is 0 Å². The molecule has 2 aromatic carbocycles. The average Bonchev–Trinajstić information content (AvgIpc) is 2.88. The minimum absolute atomic E-state index is 0.0873. The van der Waals surface area contributed by atoms with Crippen LogP contribution >= 0.6 is 23.5 Å². The highest BCUT2D eigenvalue weighted by atomic mass is 32.2. The summed E-state index contributed by atoms with van der Waals surface area (Å²) in [7, 11) is 0. The first-order valence-electron chi connectivity index (χ1n) is 7.09. The van der Waals surface area contributed by atoms with Gasteiger partial charge in [0.1, 0.15) is 0 Å². The van der Waals surface area contributed by atoms with Crippen LogP contribution < -0.4 is 0 Å². The fourth-order valence-electron chi connectivity index (χ4n) is 2.23. The van der Waals surface area contributed by atoms with Gasteiger partial charge in [0.25, 0.3) is 0 Å². The van der Waals surface area contributed by atoms with Crippen LogP contribution in [0.3, 0.4) is 0 Å². The van der Waals surface area contributed by atoms with E-state index in [1.54, 1.807) is 23.5 Å². The number of carbonyl (C=O) groups excluding carboxylic acids is 1. The first-order chi connectivity index (χ1) is 10.7. The number of rotatable bonds is 3. The van der Waals surface area contributed by atoms with Gasteiger partial charge in [-0.05, 0) is 29.2 Å². The van der Waals surface area contributed by atoms with E-state index < -0.39 is 0 Å². The maximum Gasteiger partial charge on any atom is 0.195 e. The smallest absolute Gasteiger partial charge is 0.195 e. The van der Waals surface area contributed by atoms with Crippen LogP contribution in [0.5, 0.6) is 0 Å². The SMILES string of the molecule is CC1=C(C)SC(=C(C(=O)c2ccccc2)c2ccccc2)S1. The maximum absolute atomic E-state index is 13.0. The largest absolute Gasteiger partial charge is 0.289 e. The van der Waals surface area contributed by atoms with Gasteiger partial charge in [-0.15, -0.1) is 0 Å². The molecule has 0 saturated heterocycles. The van der Waals surface area contributed by atoms with Crippen molar-refractivity contribution >= 4 is 34.9 Å². The molecule has 0 bridgehead atoms. The van der Waals surface area contributed by atoms with Crippen LogP contribution in [0, 0.1) is 0 Å². The molecular weight excluding hydrogens is 308 g/mol. The molecule has 0 aliphatic carbocycles. The summed E-state index contributed by atoms with van der Waals surface area (Å²) in [6.07, 6.45) is 0. The molecule has 22 heavy (non-hydrogen) atoms. The lowest BCUT2D eigenvalue weighted by Gasteiger charge is -2.10. The summed E-state index contributed by atoms with van der Waals surface area (Å²) >= 11 is 3.40. The Bertz CT molecular complexity index is 743. The van der Waals surface area contributed by atoms with Crippen LogP contribution in [-0.4, -0.2) is 5.78 Å². The van der Waals surface area contributed by atoms with Gasteiger partial charge in [-0.25, -0.2) is 0 Å². The van der Waals surface area contributed by atoms with Gasteiger partial charge in [0.15, 0.2) is 5.78 Å². The first kappa shape index (κ1) is 15.2. The third kappa shape index (κ3) is 3.06. The fraction of sp³-hybridized carbons (Fsp3) is 0.105. The Labute approximate surface area is 139 Å². The summed E-state index contributed by atoms with van der Waals surface area (Å²) in [6, 6.07) is 19.4. The van der Waals surface area contributed by atoms with Gasteiger partial charge in [-0.2, -0.15) is 0 Å². The molecule has 0 aromatic heterocycles. The van der Waals surface area contributed by atoms with Crippen molar-refractivity contribution in [3.63, 3.8) is 0 Å². The van der Waals surface area contributed by atoms with Crippen molar-refractivity contribution < 1.29 is 4.79 Å². The third-order valence-electron chi connectivity index (χ3n) is 3.52. The average molecular weight is 324 g/mol. The lowest BCUT2D eigenvalue weighted by Crippen LogP contribution is -2.04. The Morgan fingerprint density at radius 1 is 0.727 bits per heavy atom. The molecule has 0 saturated carbocycles. The molecule has 2 aromatic rings. The van der Waals surface area contributed by atoms with Crippen LogP contribution in [0.4, 0.5) is 0 Å². The van der Waals surface area contributed by atoms with Gasteiger partial charge in [0.05, 0.1) is 9.81 Å². The van der Waals surface area contributed by atoms with Gasteiger partial charge in [-0.1, -0.05) is 84.2 Å². The minimum Gasteiger partial charge on any atom is -0.289 e. The van der Waals surface area contributed by atoms with E-state index in [4.69, 9.17) is 0 Å². The number of benzene rings is 2. The van der Waals surface area contributed by atoms with Gasteiger partial charge in [0, 0.05) is 5.56 Å². The zero-order valence-corrected chi connectivity index (χ0v) is 14.1. The zero-order chi connectivity index (χ0) is 15.5. The van der Waals surface area contributed by atoms with Crippen molar-refractivity contribution in [1.29, 1.82) is 0 Å². The molecule has 0 atom stereocenters. The molecule has 1 aliphatic heterocycles. The maximum atomic E-state index is 13.0. The van der Waals surface area contributed by atoms with Gasteiger partial charge >= 0.3 is 0 Å². The summed E-state index contributed by atoms with van der Waals surface area (Å²) in [5.74, 6) is 0.0873. The van der Waals surface area contributed by atoms with Crippen LogP contribution in [-0.2, 0) is 0 Å². The quantitative estimate of drug-likeness (QED) is 0.511. The van der Waals surface area contributed by atoms with Crippen molar-refractivity contribution in [3.8, 4) is 0 Å². The van der Waals surface area contributed by atoms with Crippen LogP contribution in [0.1, 0.15) is 29.8 Å². The highest BCUT2D eigenvalue weighted by Crippen LogP contribution is 2.52. The first-order valence-corrected chi connectivity index (χ1v) is 8.72. The Balaban J connectivity index is 2.10. The van der Waals surface area contributed by atoms with E-state index in [0.717, 1.165) is 20.9 Å². The number of hydrogen-bond donors (Lipinski definition) is 0. The molecular formula is C19H16OS2. The number of allylic oxidation sites excluding steroid dienone is 3. The second kappa shape index (κ2) is 6.59. The molecule has 1 nitrogen and oxygen atoms in total. The van der Waals surface area contributed by atoms with E-state index in [0.29, 0.717) is 0 Å². The van der Waals surface area contributed by atoms with Gasteiger partial charge < -0.3 is 0 Å². The summed E-state index contributed by atoms with van der Waals surface area (Å²) in [5, 5.41) is 0. The molecule has 0 fully saturated rings. The van der Waals surface area contributed by atoms with E-state index in [2.05, 4.69) is 13.8 Å². The standard InChI is InChI=1S/C19H16OS2/c1-13-14(2)22-19(21-13)17(15-9-5-3-6-10-15)18(20)16-11-7-4-8-12-16/h3-12H,1-2H3. The second-order valence-electron chi connectivity index (χ2n) is 5.04. The third-order valence-corrected chi connectivity index (χ3v) is 6.15. The molecule has 0 unspecified atom stereocenters. The Kier molecular flexibility index (Phi) is 4.55. The molecule has 0 amide bonds. The molecule has 0 N–H and O–H groups in total. The lowest BCUT2D eigenvalue weighted by molar-refractivity contribution is 0.105. The van der Waals surface area contributed by atoms with E-state index in [1.807, 2.05) is 60.7 Å². The molecule has 1 heterocycles. The van der Waals surface area contributed by atoms with Crippen LogP contribution in [0.2, 0.25) is 0 Å². The predicted molar refractivity (Wildman–Crippen MR) is 97.7 cm³/mol. The number of ketones is 1.